The second-order valence-electron chi connectivity index (χ2n) is 7.67. The van der Waals surface area contributed by atoms with Crippen molar-refractivity contribution in [3.63, 3.8) is 0 Å². The zero-order chi connectivity index (χ0) is 20.6. The van der Waals surface area contributed by atoms with Crippen LogP contribution in [0, 0.1) is 6.92 Å². The van der Waals surface area contributed by atoms with Gasteiger partial charge in [0.1, 0.15) is 17.1 Å². The first-order valence-electron chi connectivity index (χ1n) is 9.00. The Kier molecular flexibility index (Phi) is 5.42. The second kappa shape index (κ2) is 7.50. The number of carbonyl (C=O) groups excluding carboxylic acids is 1. The molecule has 3 rings (SSSR count). The van der Waals surface area contributed by atoms with Crippen molar-refractivity contribution < 1.29 is 13.9 Å². The van der Waals surface area contributed by atoms with Crippen LogP contribution in [0.4, 0.5) is 9.18 Å². The lowest BCUT2D eigenvalue weighted by atomic mass is 10.2. The summed E-state index contributed by atoms with van der Waals surface area (Å²) < 4.78 is 20.7. The number of halogens is 1. The molecule has 0 aliphatic heterocycles. The van der Waals surface area contributed by atoms with Crippen molar-refractivity contribution in [2.24, 2.45) is 5.10 Å². The molecular weight excluding hydrogens is 387 g/mol. The Morgan fingerprint density at radius 1 is 1.39 bits per heavy atom. The number of aromatic nitrogens is 2. The number of nitrogens with zero attached hydrogens (tertiary/aromatic N) is 3. The molecule has 2 aromatic rings. The van der Waals surface area contributed by atoms with E-state index in [0.717, 1.165) is 12.8 Å². The summed E-state index contributed by atoms with van der Waals surface area (Å²) in [6.07, 6.45) is 2.24. The van der Waals surface area contributed by atoms with Crippen LogP contribution in [-0.4, -0.2) is 33.7 Å². The maximum Gasteiger partial charge on any atom is 0.428 e. The standard InChI is InChI=1S/C18H23FN4O4S/c1-10-12(9-20-21-16(25)27-18(2,3)4)28-15-13(10)14(24)23(11-5-6-11)17(26)22(15)8-7-19/h9,11H,5-8H2,1-4H3,(H,21,25)/b20-9+. The molecule has 1 fully saturated rings. The van der Waals surface area contributed by atoms with Crippen molar-refractivity contribution in [2.75, 3.05) is 6.67 Å². The highest BCUT2D eigenvalue weighted by Gasteiger charge is 2.30. The number of rotatable bonds is 5. The van der Waals surface area contributed by atoms with Gasteiger partial charge >= 0.3 is 11.8 Å². The van der Waals surface area contributed by atoms with Crippen molar-refractivity contribution in [1.29, 1.82) is 0 Å². The summed E-state index contributed by atoms with van der Waals surface area (Å²) >= 11 is 1.17. The fourth-order valence-corrected chi connectivity index (χ4v) is 4.08. The SMILES string of the molecule is Cc1c(/C=N/NC(=O)OC(C)(C)C)sc2c1c(=O)n(C1CC1)c(=O)n2CCF. The van der Waals surface area contributed by atoms with E-state index in [9.17, 15) is 18.8 Å². The summed E-state index contributed by atoms with van der Waals surface area (Å²) in [5.41, 5.74) is 1.43. The zero-order valence-electron chi connectivity index (χ0n) is 16.2. The first-order chi connectivity index (χ1) is 13.1. The number of aryl methyl sites for hydroxylation is 2. The summed E-state index contributed by atoms with van der Waals surface area (Å²) in [6, 6.07) is -0.111. The Bertz CT molecular complexity index is 1060. The maximum atomic E-state index is 13.0. The fraction of sp³-hybridized carbons (Fsp3) is 0.556. The monoisotopic (exact) mass is 410 g/mol. The smallest absolute Gasteiger partial charge is 0.428 e. The Balaban J connectivity index is 2.00. The predicted octanol–water partition coefficient (Wildman–Crippen LogP) is 2.70. The largest absolute Gasteiger partial charge is 0.443 e. The number of thiophene rings is 1. The van der Waals surface area contributed by atoms with Gasteiger partial charge in [0.2, 0.25) is 0 Å². The van der Waals surface area contributed by atoms with E-state index in [2.05, 4.69) is 10.5 Å². The van der Waals surface area contributed by atoms with Crippen LogP contribution in [0.25, 0.3) is 10.2 Å². The Morgan fingerprint density at radius 2 is 2.07 bits per heavy atom. The summed E-state index contributed by atoms with van der Waals surface area (Å²) in [7, 11) is 0. The first-order valence-corrected chi connectivity index (χ1v) is 9.82. The number of hydrogen-bond acceptors (Lipinski definition) is 6. The number of hydrazone groups is 1. The van der Waals surface area contributed by atoms with Gasteiger partial charge in [-0.3, -0.25) is 13.9 Å². The molecule has 2 heterocycles. The van der Waals surface area contributed by atoms with E-state index in [-0.39, 0.29) is 18.1 Å². The van der Waals surface area contributed by atoms with E-state index in [1.165, 1.54) is 26.7 Å². The van der Waals surface area contributed by atoms with E-state index >= 15 is 0 Å². The number of amides is 1. The normalized spacial score (nSPS) is 14.8. The van der Waals surface area contributed by atoms with E-state index in [1.807, 2.05) is 0 Å². The van der Waals surface area contributed by atoms with Crippen LogP contribution in [-0.2, 0) is 11.3 Å². The van der Waals surface area contributed by atoms with Gasteiger partial charge in [-0.15, -0.1) is 11.3 Å². The zero-order valence-corrected chi connectivity index (χ0v) is 17.1. The highest BCUT2D eigenvalue weighted by molar-refractivity contribution is 7.20. The molecule has 1 amide bonds. The predicted molar refractivity (Wildman–Crippen MR) is 106 cm³/mol. The molecule has 0 saturated heterocycles. The van der Waals surface area contributed by atoms with Crippen LogP contribution in [0.1, 0.15) is 50.1 Å². The molecule has 1 aliphatic rings. The molecular formula is C18H23FN4O4S. The number of ether oxygens (including phenoxy) is 1. The van der Waals surface area contributed by atoms with E-state index in [0.29, 0.717) is 20.7 Å². The Morgan fingerprint density at radius 3 is 2.64 bits per heavy atom. The number of carbonyl (C=O) groups is 1. The summed E-state index contributed by atoms with van der Waals surface area (Å²) in [5, 5.41) is 4.26. The number of fused-ring (bicyclic) bond motifs is 1. The van der Waals surface area contributed by atoms with Gasteiger partial charge in [0.15, 0.2) is 0 Å². The van der Waals surface area contributed by atoms with Crippen LogP contribution in [0.15, 0.2) is 14.7 Å². The van der Waals surface area contributed by atoms with Gasteiger partial charge < -0.3 is 4.74 Å². The first kappa shape index (κ1) is 20.2. The molecule has 152 valence electrons. The van der Waals surface area contributed by atoms with Crippen molar-refractivity contribution in [2.45, 2.75) is 58.7 Å². The van der Waals surface area contributed by atoms with Crippen LogP contribution < -0.4 is 16.7 Å². The lowest BCUT2D eigenvalue weighted by molar-refractivity contribution is 0.0529. The summed E-state index contributed by atoms with van der Waals surface area (Å²) in [4.78, 5) is 38.3. The van der Waals surface area contributed by atoms with Crippen molar-refractivity contribution in [3.8, 4) is 0 Å². The number of nitrogens with one attached hydrogen (secondary N) is 1. The highest BCUT2D eigenvalue weighted by Crippen LogP contribution is 2.34. The average molecular weight is 410 g/mol. The van der Waals surface area contributed by atoms with Crippen molar-refractivity contribution in [1.82, 2.24) is 14.6 Å². The van der Waals surface area contributed by atoms with Crippen molar-refractivity contribution >= 4 is 33.9 Å². The molecule has 0 unspecified atom stereocenters. The lowest BCUT2D eigenvalue weighted by Gasteiger charge is -2.18. The number of hydrogen-bond donors (Lipinski definition) is 1. The Hall–Kier alpha value is -2.49. The third kappa shape index (κ3) is 4.01. The molecule has 8 nitrogen and oxygen atoms in total. The van der Waals surface area contributed by atoms with Gasteiger partial charge in [-0.25, -0.2) is 19.4 Å². The van der Waals surface area contributed by atoms with Crippen LogP contribution in [0.5, 0.6) is 0 Å². The van der Waals surface area contributed by atoms with Crippen LogP contribution in [0.3, 0.4) is 0 Å². The molecule has 28 heavy (non-hydrogen) atoms. The minimum Gasteiger partial charge on any atom is -0.443 e. The molecule has 0 spiro atoms. The molecule has 2 aromatic heterocycles. The van der Waals surface area contributed by atoms with Crippen molar-refractivity contribution in [3.05, 3.63) is 31.3 Å². The minimum atomic E-state index is -0.710. The lowest BCUT2D eigenvalue weighted by Crippen LogP contribution is -2.39. The third-order valence-electron chi connectivity index (χ3n) is 4.24. The number of alkyl halides is 1. The molecule has 10 heteroatoms. The molecule has 1 aliphatic carbocycles. The Labute approximate surface area is 164 Å². The van der Waals surface area contributed by atoms with Gasteiger partial charge in [-0.1, -0.05) is 0 Å². The van der Waals surface area contributed by atoms with E-state index < -0.39 is 24.1 Å². The van der Waals surface area contributed by atoms with Crippen LogP contribution >= 0.6 is 11.3 Å². The van der Waals surface area contributed by atoms with E-state index in [1.54, 1.807) is 27.7 Å². The highest BCUT2D eigenvalue weighted by atomic mass is 32.1. The van der Waals surface area contributed by atoms with Gasteiger partial charge in [0.25, 0.3) is 5.56 Å². The van der Waals surface area contributed by atoms with Gasteiger partial charge in [0, 0.05) is 6.04 Å². The molecule has 0 radical (unpaired) electrons. The second-order valence-corrected chi connectivity index (χ2v) is 8.70. The van der Waals surface area contributed by atoms with Gasteiger partial charge in [-0.2, -0.15) is 5.10 Å². The molecule has 1 N–H and O–H groups in total. The fourth-order valence-electron chi connectivity index (χ4n) is 2.89. The average Bonchev–Trinajstić information content (AvgIpc) is 3.35. The molecule has 0 aromatic carbocycles. The summed E-state index contributed by atoms with van der Waals surface area (Å²) in [6.45, 7) is 6.13. The maximum absolute atomic E-state index is 13.0. The topological polar surface area (TPSA) is 94.7 Å². The molecule has 1 saturated carbocycles. The summed E-state index contributed by atoms with van der Waals surface area (Å²) in [5.74, 6) is 0. The van der Waals surface area contributed by atoms with Gasteiger partial charge in [-0.05, 0) is 46.1 Å². The molecule has 0 atom stereocenters. The molecule has 0 bridgehead atoms. The minimum absolute atomic E-state index is 0.111. The van der Waals surface area contributed by atoms with E-state index in [4.69, 9.17) is 4.74 Å². The van der Waals surface area contributed by atoms with Crippen LogP contribution in [0.2, 0.25) is 0 Å². The third-order valence-corrected chi connectivity index (χ3v) is 5.49. The quantitative estimate of drug-likeness (QED) is 0.606. The van der Waals surface area contributed by atoms with Gasteiger partial charge in [0.05, 0.1) is 23.0 Å².